The Kier molecular flexibility index (Phi) is 5.90. The number of aromatic nitrogens is 2. The van der Waals surface area contributed by atoms with Crippen molar-refractivity contribution in [3.8, 4) is 0 Å². The highest BCUT2D eigenvalue weighted by molar-refractivity contribution is 5.95. The average molecular weight is 437 g/mol. The Morgan fingerprint density at radius 2 is 1.90 bits per heavy atom. The molecule has 0 bridgehead atoms. The summed E-state index contributed by atoms with van der Waals surface area (Å²) in [4.78, 5) is 29.9. The quantitative estimate of drug-likeness (QED) is 0.662. The zero-order valence-corrected chi connectivity index (χ0v) is 18.3. The summed E-state index contributed by atoms with van der Waals surface area (Å²) in [6.45, 7) is 7.55. The van der Waals surface area contributed by atoms with Crippen molar-refractivity contribution >= 4 is 17.6 Å². The van der Waals surface area contributed by atoms with Gasteiger partial charge in [0.05, 0.1) is 12.7 Å². The molecule has 1 aliphatic rings. The fourth-order valence-electron chi connectivity index (χ4n) is 3.82. The number of benzene rings is 1. The molecule has 0 unspecified atom stereocenters. The van der Waals surface area contributed by atoms with Crippen LogP contribution in [0.25, 0.3) is 0 Å². The van der Waals surface area contributed by atoms with E-state index in [1.165, 1.54) is 24.1 Å². The lowest BCUT2D eigenvalue weighted by molar-refractivity contribution is -0.138. The molecule has 168 valence electrons. The molecule has 1 amide bonds. The summed E-state index contributed by atoms with van der Waals surface area (Å²) >= 11 is 0. The average Bonchev–Trinajstić information content (AvgIpc) is 3.24. The monoisotopic (exact) mass is 437 g/mol. The first-order valence-electron chi connectivity index (χ1n) is 10.0. The number of carbonyl (C=O) groups is 2. The predicted molar refractivity (Wildman–Crippen MR) is 109 cm³/mol. The van der Waals surface area contributed by atoms with Crippen LogP contribution in [-0.4, -0.2) is 35.1 Å². The zero-order chi connectivity index (χ0) is 23.1. The smallest absolute Gasteiger partial charge is 0.416 e. The summed E-state index contributed by atoms with van der Waals surface area (Å²) < 4.78 is 48.2. The van der Waals surface area contributed by atoms with E-state index < -0.39 is 23.1 Å². The summed E-state index contributed by atoms with van der Waals surface area (Å²) in [7, 11) is 1.23. The van der Waals surface area contributed by atoms with E-state index in [0.29, 0.717) is 30.9 Å². The number of imidazole rings is 1. The summed E-state index contributed by atoms with van der Waals surface area (Å²) in [5.74, 6) is -0.331. The lowest BCUT2D eigenvalue weighted by Crippen LogP contribution is -2.25. The summed E-state index contributed by atoms with van der Waals surface area (Å²) in [6.07, 6.45) is -3.64. The number of amides is 1. The highest BCUT2D eigenvalue weighted by atomic mass is 19.4. The highest BCUT2D eigenvalue weighted by Gasteiger charge is 2.36. The molecular weight excluding hydrogens is 411 g/mol. The van der Waals surface area contributed by atoms with Crippen LogP contribution in [-0.2, 0) is 27.7 Å². The molecule has 1 aromatic carbocycles. The van der Waals surface area contributed by atoms with E-state index in [-0.39, 0.29) is 29.4 Å². The lowest BCUT2D eigenvalue weighted by Gasteiger charge is -2.23. The van der Waals surface area contributed by atoms with E-state index in [9.17, 15) is 22.8 Å². The largest absolute Gasteiger partial charge is 0.464 e. The van der Waals surface area contributed by atoms with Gasteiger partial charge in [0, 0.05) is 36.3 Å². The molecule has 0 N–H and O–H groups in total. The van der Waals surface area contributed by atoms with Crippen molar-refractivity contribution < 1.29 is 27.5 Å². The predicted octanol–water partition coefficient (Wildman–Crippen LogP) is 4.47. The number of halogens is 3. The van der Waals surface area contributed by atoms with Gasteiger partial charge in [0.25, 0.3) is 0 Å². The second kappa shape index (κ2) is 8.01. The Bertz CT molecular complexity index is 1020. The van der Waals surface area contributed by atoms with E-state index in [2.05, 4.69) is 4.98 Å². The van der Waals surface area contributed by atoms with Crippen LogP contribution in [0.3, 0.4) is 0 Å². The molecule has 0 aliphatic carbocycles. The van der Waals surface area contributed by atoms with Crippen molar-refractivity contribution in [3.05, 3.63) is 46.5 Å². The van der Waals surface area contributed by atoms with Crippen molar-refractivity contribution in [2.75, 3.05) is 18.6 Å². The maximum atomic E-state index is 13.9. The van der Waals surface area contributed by atoms with Crippen LogP contribution >= 0.6 is 0 Å². The van der Waals surface area contributed by atoms with Gasteiger partial charge in [-0.15, -0.1) is 0 Å². The van der Waals surface area contributed by atoms with Gasteiger partial charge in [-0.25, -0.2) is 9.78 Å². The number of hydrogen-bond donors (Lipinski definition) is 0. The van der Waals surface area contributed by atoms with E-state index in [0.717, 1.165) is 6.07 Å². The summed E-state index contributed by atoms with van der Waals surface area (Å²) in [5, 5.41) is 0. The highest BCUT2D eigenvalue weighted by Crippen LogP contribution is 2.37. The SMILES string of the molecule is COC(=O)c1nc(C(C)(C)C)n(Cc2ccc(N3CCCC3=O)cc2C(F)(F)F)c1C. The first-order chi connectivity index (χ1) is 14.3. The van der Waals surface area contributed by atoms with Crippen LogP contribution in [0.1, 0.15) is 66.7 Å². The second-order valence-electron chi connectivity index (χ2n) is 8.69. The Morgan fingerprint density at radius 3 is 2.42 bits per heavy atom. The molecule has 0 radical (unpaired) electrons. The van der Waals surface area contributed by atoms with Gasteiger partial charge in [0.15, 0.2) is 5.69 Å². The molecule has 2 aromatic rings. The van der Waals surface area contributed by atoms with Crippen LogP contribution in [0, 0.1) is 6.92 Å². The van der Waals surface area contributed by atoms with Gasteiger partial charge in [0.2, 0.25) is 5.91 Å². The lowest BCUT2D eigenvalue weighted by atomic mass is 9.95. The molecule has 0 atom stereocenters. The fraction of sp³-hybridized carbons (Fsp3) is 0.500. The van der Waals surface area contributed by atoms with E-state index in [4.69, 9.17) is 4.74 Å². The van der Waals surface area contributed by atoms with E-state index >= 15 is 0 Å². The Labute approximate surface area is 179 Å². The third-order valence-electron chi connectivity index (χ3n) is 5.38. The molecular formula is C22H26F3N3O3. The molecule has 0 spiro atoms. The number of nitrogens with zero attached hydrogens (tertiary/aromatic N) is 3. The summed E-state index contributed by atoms with van der Waals surface area (Å²) in [5.41, 5.74) is -0.532. The van der Waals surface area contributed by atoms with Crippen LogP contribution in [0.15, 0.2) is 18.2 Å². The van der Waals surface area contributed by atoms with Gasteiger partial charge >= 0.3 is 12.1 Å². The number of anilines is 1. The first kappa shape index (κ1) is 22.8. The van der Waals surface area contributed by atoms with Crippen LogP contribution in [0.2, 0.25) is 0 Å². The number of methoxy groups -OCH3 is 1. The molecule has 1 saturated heterocycles. The minimum Gasteiger partial charge on any atom is -0.464 e. The Hall–Kier alpha value is -2.84. The minimum atomic E-state index is -4.60. The van der Waals surface area contributed by atoms with Crippen LogP contribution in [0.5, 0.6) is 0 Å². The molecule has 1 fully saturated rings. The first-order valence-corrected chi connectivity index (χ1v) is 10.0. The van der Waals surface area contributed by atoms with Gasteiger partial charge in [-0.1, -0.05) is 26.8 Å². The molecule has 9 heteroatoms. The molecule has 6 nitrogen and oxygen atoms in total. The van der Waals surface area contributed by atoms with Gasteiger partial charge in [-0.2, -0.15) is 13.2 Å². The van der Waals surface area contributed by atoms with Crippen molar-refractivity contribution in [1.29, 1.82) is 0 Å². The fourth-order valence-corrected chi connectivity index (χ4v) is 3.82. The third-order valence-corrected chi connectivity index (χ3v) is 5.38. The van der Waals surface area contributed by atoms with Crippen molar-refractivity contribution in [3.63, 3.8) is 0 Å². The van der Waals surface area contributed by atoms with Gasteiger partial charge in [0.1, 0.15) is 5.82 Å². The van der Waals surface area contributed by atoms with Crippen molar-refractivity contribution in [2.24, 2.45) is 0 Å². The number of carbonyl (C=O) groups excluding carboxylic acids is 2. The van der Waals surface area contributed by atoms with Crippen LogP contribution in [0.4, 0.5) is 18.9 Å². The molecule has 3 rings (SSSR count). The van der Waals surface area contributed by atoms with E-state index in [1.54, 1.807) is 11.5 Å². The minimum absolute atomic E-state index is 0.0327. The number of ether oxygens (including phenoxy) is 1. The molecule has 1 aliphatic heterocycles. The van der Waals surface area contributed by atoms with Crippen molar-refractivity contribution in [1.82, 2.24) is 9.55 Å². The molecule has 2 heterocycles. The maximum Gasteiger partial charge on any atom is 0.416 e. The number of rotatable bonds is 4. The van der Waals surface area contributed by atoms with Gasteiger partial charge in [-0.3, -0.25) is 4.79 Å². The van der Waals surface area contributed by atoms with Crippen LogP contribution < -0.4 is 4.90 Å². The van der Waals surface area contributed by atoms with Gasteiger partial charge in [-0.05, 0) is 31.0 Å². The molecule has 31 heavy (non-hydrogen) atoms. The molecule has 1 aromatic heterocycles. The maximum absolute atomic E-state index is 13.9. The van der Waals surface area contributed by atoms with E-state index in [1.807, 2.05) is 20.8 Å². The number of hydrogen-bond acceptors (Lipinski definition) is 4. The number of alkyl halides is 3. The standard InChI is InChI=1S/C22H26F3N3O3/c1-13-18(19(30)31-5)26-20(21(2,3)4)28(13)12-14-8-9-15(11-16(14)22(23,24)25)27-10-6-7-17(27)29/h8-9,11H,6-7,10,12H2,1-5H3. The van der Waals surface area contributed by atoms with Gasteiger partial charge < -0.3 is 14.2 Å². The molecule has 0 saturated carbocycles. The number of esters is 1. The topological polar surface area (TPSA) is 64.4 Å². The summed E-state index contributed by atoms with van der Waals surface area (Å²) in [6, 6.07) is 3.97. The Morgan fingerprint density at radius 1 is 1.23 bits per heavy atom. The Balaban J connectivity index is 2.11. The second-order valence-corrected chi connectivity index (χ2v) is 8.69. The van der Waals surface area contributed by atoms with Crippen molar-refractivity contribution in [2.45, 2.75) is 58.7 Å². The zero-order valence-electron chi connectivity index (χ0n) is 18.3. The normalized spacial score (nSPS) is 15.0. The third kappa shape index (κ3) is 4.45.